The Morgan fingerprint density at radius 1 is 1.26 bits per heavy atom. The quantitative estimate of drug-likeness (QED) is 0.437. The summed E-state index contributed by atoms with van der Waals surface area (Å²) >= 11 is 5.70. The van der Waals surface area contributed by atoms with Gasteiger partial charge in [0.05, 0.1) is 10.9 Å². The molecule has 2 atom stereocenters. The van der Waals surface area contributed by atoms with Crippen molar-refractivity contribution in [2.24, 2.45) is 17.3 Å². The molecule has 0 spiro atoms. The van der Waals surface area contributed by atoms with Gasteiger partial charge >= 0.3 is 5.97 Å². The molecule has 0 amide bonds. The first-order valence-corrected chi connectivity index (χ1v) is 7.63. The van der Waals surface area contributed by atoms with Gasteiger partial charge in [-0.05, 0) is 25.2 Å². The fourth-order valence-electron chi connectivity index (χ4n) is 2.84. The molecule has 6 heteroatoms. The van der Waals surface area contributed by atoms with Gasteiger partial charge in [-0.25, -0.2) is 13.2 Å². The van der Waals surface area contributed by atoms with Crippen LogP contribution in [0, 0.1) is 41.6 Å². The lowest BCUT2D eigenvalue weighted by molar-refractivity contribution is -0.147. The Morgan fingerprint density at radius 3 is 2.43 bits per heavy atom. The molecule has 126 valence electrons. The molecule has 1 aromatic rings. The predicted molar refractivity (Wildman–Crippen MR) is 81.4 cm³/mol. The van der Waals surface area contributed by atoms with Crippen LogP contribution in [0.3, 0.4) is 0 Å². The predicted octanol–water partition coefficient (Wildman–Crippen LogP) is 4.96. The topological polar surface area (TPSA) is 26.3 Å². The van der Waals surface area contributed by atoms with Crippen molar-refractivity contribution in [3.8, 4) is 0 Å². The fourth-order valence-corrected chi connectivity index (χ4v) is 3.12. The van der Waals surface area contributed by atoms with E-state index >= 15 is 0 Å². The fraction of sp³-hybridized carbons (Fsp3) is 0.471. The van der Waals surface area contributed by atoms with E-state index in [0.29, 0.717) is 0 Å². The molecule has 1 aliphatic rings. The average molecular weight is 347 g/mol. The molecule has 1 saturated carbocycles. The Balaban J connectivity index is 2.15. The zero-order valence-corrected chi connectivity index (χ0v) is 14.1. The second-order valence-electron chi connectivity index (χ2n) is 6.32. The minimum atomic E-state index is -1.32. The minimum absolute atomic E-state index is 0.0341. The third kappa shape index (κ3) is 2.99. The first-order valence-electron chi connectivity index (χ1n) is 7.25. The molecule has 1 aliphatic carbocycles. The van der Waals surface area contributed by atoms with Gasteiger partial charge in [-0.1, -0.05) is 37.6 Å². The van der Waals surface area contributed by atoms with Gasteiger partial charge in [0.1, 0.15) is 12.4 Å². The normalized spacial score (nSPS) is 22.4. The molecule has 23 heavy (non-hydrogen) atoms. The number of halogens is 4. The molecule has 0 radical (unpaired) electrons. The van der Waals surface area contributed by atoms with E-state index in [-0.39, 0.29) is 17.3 Å². The van der Waals surface area contributed by atoms with Crippen LogP contribution in [-0.2, 0) is 16.1 Å². The summed E-state index contributed by atoms with van der Waals surface area (Å²) in [5.41, 5.74) is -1.24. The van der Waals surface area contributed by atoms with Crippen LogP contribution in [-0.4, -0.2) is 5.97 Å². The molecular weight excluding hydrogens is 329 g/mol. The number of hydrogen-bond donors (Lipinski definition) is 0. The lowest BCUT2D eigenvalue weighted by Crippen LogP contribution is -2.13. The highest BCUT2D eigenvalue weighted by Crippen LogP contribution is 2.59. The van der Waals surface area contributed by atoms with Crippen LogP contribution in [0.15, 0.2) is 12.2 Å². The van der Waals surface area contributed by atoms with Crippen molar-refractivity contribution >= 4 is 17.6 Å². The van der Waals surface area contributed by atoms with Gasteiger partial charge in [0.2, 0.25) is 0 Å². The van der Waals surface area contributed by atoms with Gasteiger partial charge in [0.25, 0.3) is 0 Å². The number of ether oxygens (including phenoxy) is 1. The standard InChI is InChI=1S/C17H18ClF3O2/c1-5-6-10-11(17(10,3)4)16(22)23-7-9-12(18)13(19)8(2)14(20)15(9)21/h5-6,10-11H,7H2,1-4H3/t10-,11+/m1/s1. The molecular formula is C17H18ClF3O2. The van der Waals surface area contributed by atoms with E-state index in [1.54, 1.807) is 0 Å². The number of esters is 1. The Hall–Kier alpha value is -1.49. The van der Waals surface area contributed by atoms with E-state index in [2.05, 4.69) is 0 Å². The minimum Gasteiger partial charge on any atom is -0.460 e. The lowest BCUT2D eigenvalue weighted by atomic mass is 10.1. The van der Waals surface area contributed by atoms with Crippen LogP contribution in [0.2, 0.25) is 5.02 Å². The van der Waals surface area contributed by atoms with Crippen LogP contribution in [0.1, 0.15) is 31.9 Å². The molecule has 2 nitrogen and oxygen atoms in total. The SMILES string of the molecule is CC=C[C@@H]1[C@@H](C(=O)OCc2c(F)c(F)c(C)c(F)c2Cl)C1(C)C. The van der Waals surface area contributed by atoms with Crippen molar-refractivity contribution < 1.29 is 22.7 Å². The monoisotopic (exact) mass is 346 g/mol. The maximum atomic E-state index is 13.9. The number of benzene rings is 1. The Morgan fingerprint density at radius 2 is 1.87 bits per heavy atom. The third-order valence-electron chi connectivity index (χ3n) is 4.50. The van der Waals surface area contributed by atoms with Crippen LogP contribution < -0.4 is 0 Å². The number of rotatable bonds is 4. The number of allylic oxidation sites excluding steroid dienone is 2. The number of carbonyl (C=O) groups excluding carboxylic acids is 1. The smallest absolute Gasteiger partial charge is 0.310 e. The van der Waals surface area contributed by atoms with E-state index in [1.165, 1.54) is 0 Å². The summed E-state index contributed by atoms with van der Waals surface area (Å²) in [4.78, 5) is 12.1. The first-order chi connectivity index (χ1) is 10.6. The van der Waals surface area contributed by atoms with E-state index in [0.717, 1.165) is 6.92 Å². The summed E-state index contributed by atoms with van der Waals surface area (Å²) in [7, 11) is 0. The molecule has 1 fully saturated rings. The molecule has 0 aliphatic heterocycles. The zero-order valence-electron chi connectivity index (χ0n) is 13.3. The molecule has 0 aromatic heterocycles. The van der Waals surface area contributed by atoms with Crippen molar-refractivity contribution in [2.75, 3.05) is 0 Å². The van der Waals surface area contributed by atoms with Crippen molar-refractivity contribution in [2.45, 2.75) is 34.3 Å². The molecule has 0 bridgehead atoms. The highest BCUT2D eigenvalue weighted by Gasteiger charge is 2.61. The van der Waals surface area contributed by atoms with E-state index in [4.69, 9.17) is 16.3 Å². The molecule has 0 saturated heterocycles. The van der Waals surface area contributed by atoms with Crippen molar-refractivity contribution in [3.05, 3.63) is 45.8 Å². The van der Waals surface area contributed by atoms with Crippen molar-refractivity contribution in [3.63, 3.8) is 0 Å². The molecule has 0 N–H and O–H groups in total. The van der Waals surface area contributed by atoms with Gasteiger partial charge in [-0.2, -0.15) is 0 Å². The van der Waals surface area contributed by atoms with Gasteiger partial charge in [-0.15, -0.1) is 0 Å². The van der Waals surface area contributed by atoms with Gasteiger partial charge in [-0.3, -0.25) is 4.79 Å². The Bertz CT molecular complexity index is 654. The molecule has 2 rings (SSSR count). The Labute approximate surface area is 138 Å². The summed E-state index contributed by atoms with van der Waals surface area (Å²) in [5, 5.41) is -0.561. The maximum Gasteiger partial charge on any atom is 0.310 e. The van der Waals surface area contributed by atoms with Gasteiger partial charge in [0, 0.05) is 11.1 Å². The second kappa shape index (κ2) is 6.19. The number of carbonyl (C=O) groups is 1. The van der Waals surface area contributed by atoms with E-state index in [1.807, 2.05) is 32.9 Å². The molecule has 0 unspecified atom stereocenters. The molecule has 1 aromatic carbocycles. The van der Waals surface area contributed by atoms with Crippen LogP contribution in [0.4, 0.5) is 13.2 Å². The van der Waals surface area contributed by atoms with E-state index < -0.39 is 46.2 Å². The van der Waals surface area contributed by atoms with Crippen LogP contribution >= 0.6 is 11.6 Å². The summed E-state index contributed by atoms with van der Waals surface area (Å²) in [6.07, 6.45) is 3.76. The lowest BCUT2D eigenvalue weighted by Gasteiger charge is -2.11. The van der Waals surface area contributed by atoms with Crippen molar-refractivity contribution in [1.29, 1.82) is 0 Å². The highest BCUT2D eigenvalue weighted by atomic mass is 35.5. The van der Waals surface area contributed by atoms with E-state index in [9.17, 15) is 18.0 Å². The largest absolute Gasteiger partial charge is 0.460 e. The summed E-state index contributed by atoms with van der Waals surface area (Å²) < 4.78 is 46.3. The first kappa shape index (κ1) is 17.9. The maximum absolute atomic E-state index is 13.9. The summed E-state index contributed by atoms with van der Waals surface area (Å²) in [5.74, 6) is -4.52. The van der Waals surface area contributed by atoms with Crippen LogP contribution in [0.25, 0.3) is 0 Å². The van der Waals surface area contributed by atoms with Crippen LogP contribution in [0.5, 0.6) is 0 Å². The second-order valence-corrected chi connectivity index (χ2v) is 6.70. The number of hydrogen-bond acceptors (Lipinski definition) is 2. The Kier molecular flexibility index (Phi) is 4.81. The summed E-state index contributed by atoms with van der Waals surface area (Å²) in [6, 6.07) is 0. The highest BCUT2D eigenvalue weighted by molar-refractivity contribution is 6.31. The zero-order chi connectivity index (χ0) is 17.5. The van der Waals surface area contributed by atoms with Crippen molar-refractivity contribution in [1.82, 2.24) is 0 Å². The average Bonchev–Trinajstić information content (AvgIpc) is 3.04. The summed E-state index contributed by atoms with van der Waals surface area (Å²) in [6.45, 7) is 6.17. The van der Waals surface area contributed by atoms with Gasteiger partial charge < -0.3 is 4.74 Å². The third-order valence-corrected chi connectivity index (χ3v) is 4.89. The van der Waals surface area contributed by atoms with Gasteiger partial charge in [0.15, 0.2) is 11.6 Å². The molecule has 0 heterocycles.